The van der Waals surface area contributed by atoms with E-state index < -0.39 is 0 Å². The highest BCUT2D eigenvalue weighted by Crippen LogP contribution is 2.14. The quantitative estimate of drug-likeness (QED) is 0.905. The first-order valence-electron chi connectivity index (χ1n) is 7.18. The Bertz CT molecular complexity index is 523. The average Bonchev–Trinajstić information content (AvgIpc) is 2.46. The molecule has 6 nitrogen and oxygen atoms in total. The zero-order valence-corrected chi connectivity index (χ0v) is 12.5. The van der Waals surface area contributed by atoms with Crippen molar-refractivity contribution in [2.75, 3.05) is 26.2 Å². The molecule has 2 amide bonds. The number of aromatic hydroxyl groups is 1. The van der Waals surface area contributed by atoms with Crippen molar-refractivity contribution in [3.8, 4) is 5.75 Å². The fraction of sp³-hybridized carbons (Fsp3) is 0.533. The summed E-state index contributed by atoms with van der Waals surface area (Å²) in [4.78, 5) is 31.6. The fourth-order valence-corrected chi connectivity index (χ4v) is 2.36. The lowest BCUT2D eigenvalue weighted by Crippen LogP contribution is -2.50. The van der Waals surface area contributed by atoms with Crippen LogP contribution in [0.15, 0.2) is 18.5 Å². The van der Waals surface area contributed by atoms with E-state index in [2.05, 4.69) is 4.98 Å². The largest absolute Gasteiger partial charge is 0.506 e. The van der Waals surface area contributed by atoms with E-state index in [1.165, 1.54) is 18.5 Å². The Morgan fingerprint density at radius 2 is 1.81 bits per heavy atom. The normalized spacial score (nSPS) is 15.4. The van der Waals surface area contributed by atoms with Crippen molar-refractivity contribution in [2.24, 2.45) is 5.92 Å². The van der Waals surface area contributed by atoms with Gasteiger partial charge >= 0.3 is 0 Å². The minimum absolute atomic E-state index is 0.0217. The van der Waals surface area contributed by atoms with Crippen LogP contribution >= 0.6 is 0 Å². The molecule has 0 bridgehead atoms. The lowest BCUT2D eigenvalue weighted by Gasteiger charge is -2.35. The van der Waals surface area contributed by atoms with E-state index in [1.54, 1.807) is 4.90 Å². The maximum Gasteiger partial charge on any atom is 0.255 e. The number of nitrogens with zero attached hydrogens (tertiary/aromatic N) is 3. The Labute approximate surface area is 124 Å². The number of rotatable bonds is 3. The molecule has 1 aromatic rings. The van der Waals surface area contributed by atoms with Gasteiger partial charge in [0.25, 0.3) is 5.91 Å². The molecule has 114 valence electrons. The highest BCUT2D eigenvalue weighted by atomic mass is 16.3. The van der Waals surface area contributed by atoms with Gasteiger partial charge in [0.05, 0.1) is 11.8 Å². The molecule has 0 spiro atoms. The molecular formula is C15H21N3O3. The Hall–Kier alpha value is -2.11. The second-order valence-corrected chi connectivity index (χ2v) is 5.70. The zero-order chi connectivity index (χ0) is 15.4. The van der Waals surface area contributed by atoms with Crippen molar-refractivity contribution in [1.29, 1.82) is 0 Å². The molecule has 0 saturated carbocycles. The van der Waals surface area contributed by atoms with Gasteiger partial charge in [-0.1, -0.05) is 13.8 Å². The van der Waals surface area contributed by atoms with Gasteiger partial charge in [-0.2, -0.15) is 0 Å². The van der Waals surface area contributed by atoms with Crippen molar-refractivity contribution in [3.05, 3.63) is 24.0 Å². The van der Waals surface area contributed by atoms with Gasteiger partial charge in [0, 0.05) is 38.8 Å². The number of hydrogen-bond acceptors (Lipinski definition) is 4. The highest BCUT2D eigenvalue weighted by Gasteiger charge is 2.25. The molecule has 1 saturated heterocycles. The van der Waals surface area contributed by atoms with E-state index in [9.17, 15) is 14.7 Å². The van der Waals surface area contributed by atoms with Crippen LogP contribution in [-0.4, -0.2) is 57.9 Å². The summed E-state index contributed by atoms with van der Waals surface area (Å²) in [6.45, 7) is 6.18. The number of aromatic nitrogens is 1. The van der Waals surface area contributed by atoms with Gasteiger partial charge in [-0.25, -0.2) is 0 Å². The molecule has 2 rings (SSSR count). The third-order valence-corrected chi connectivity index (χ3v) is 3.47. The van der Waals surface area contributed by atoms with Gasteiger partial charge < -0.3 is 14.9 Å². The van der Waals surface area contributed by atoms with E-state index in [-0.39, 0.29) is 17.6 Å². The SMILES string of the molecule is CC(C)CC(=O)N1CCN(C(=O)c2cncc(O)c2)CC1. The van der Waals surface area contributed by atoms with Crippen molar-refractivity contribution < 1.29 is 14.7 Å². The van der Waals surface area contributed by atoms with Gasteiger partial charge in [-0.05, 0) is 12.0 Å². The van der Waals surface area contributed by atoms with Crippen molar-refractivity contribution in [1.82, 2.24) is 14.8 Å². The monoisotopic (exact) mass is 291 g/mol. The zero-order valence-electron chi connectivity index (χ0n) is 12.5. The Morgan fingerprint density at radius 1 is 1.19 bits per heavy atom. The lowest BCUT2D eigenvalue weighted by atomic mass is 10.1. The number of piperazine rings is 1. The van der Waals surface area contributed by atoms with E-state index in [1.807, 2.05) is 18.7 Å². The minimum Gasteiger partial charge on any atom is -0.506 e. The molecule has 21 heavy (non-hydrogen) atoms. The molecule has 0 radical (unpaired) electrons. The molecule has 1 aliphatic rings. The van der Waals surface area contributed by atoms with Crippen LogP contribution < -0.4 is 0 Å². The summed E-state index contributed by atoms with van der Waals surface area (Å²) in [5.41, 5.74) is 0.372. The van der Waals surface area contributed by atoms with Gasteiger partial charge in [-0.15, -0.1) is 0 Å². The van der Waals surface area contributed by atoms with Crippen molar-refractivity contribution >= 4 is 11.8 Å². The predicted octanol–water partition coefficient (Wildman–Crippen LogP) is 1.12. The van der Waals surface area contributed by atoms with Gasteiger partial charge in [0.15, 0.2) is 0 Å². The van der Waals surface area contributed by atoms with Gasteiger partial charge in [0.1, 0.15) is 5.75 Å². The van der Waals surface area contributed by atoms with E-state index in [0.717, 1.165) is 0 Å². The van der Waals surface area contributed by atoms with Crippen LogP contribution in [-0.2, 0) is 4.79 Å². The first-order valence-corrected chi connectivity index (χ1v) is 7.18. The van der Waals surface area contributed by atoms with Gasteiger partial charge in [0.2, 0.25) is 5.91 Å². The van der Waals surface area contributed by atoms with Crippen LogP contribution in [0.5, 0.6) is 5.75 Å². The topological polar surface area (TPSA) is 73.7 Å². The van der Waals surface area contributed by atoms with Crippen LogP contribution in [0.2, 0.25) is 0 Å². The fourth-order valence-electron chi connectivity index (χ4n) is 2.36. The average molecular weight is 291 g/mol. The summed E-state index contributed by atoms with van der Waals surface area (Å²) in [5, 5.41) is 9.37. The van der Waals surface area contributed by atoms with Crippen molar-refractivity contribution in [2.45, 2.75) is 20.3 Å². The molecule has 0 aromatic carbocycles. The van der Waals surface area contributed by atoms with Gasteiger partial charge in [-0.3, -0.25) is 14.6 Å². The summed E-state index contributed by atoms with van der Waals surface area (Å²) >= 11 is 0. The first kappa shape index (κ1) is 15.3. The van der Waals surface area contributed by atoms with E-state index >= 15 is 0 Å². The molecule has 1 N–H and O–H groups in total. The molecule has 0 aliphatic carbocycles. The van der Waals surface area contributed by atoms with E-state index in [4.69, 9.17) is 0 Å². The lowest BCUT2D eigenvalue weighted by molar-refractivity contribution is -0.133. The number of carbonyl (C=O) groups excluding carboxylic acids is 2. The standard InChI is InChI=1S/C15H21N3O3/c1-11(2)7-14(20)17-3-5-18(6-4-17)15(21)12-8-13(19)10-16-9-12/h8-11,19H,3-7H2,1-2H3. The Kier molecular flexibility index (Phi) is 4.77. The second kappa shape index (κ2) is 6.56. The summed E-state index contributed by atoms with van der Waals surface area (Å²) in [7, 11) is 0. The van der Waals surface area contributed by atoms with Crippen molar-refractivity contribution in [3.63, 3.8) is 0 Å². The number of carbonyl (C=O) groups is 2. The summed E-state index contributed by atoms with van der Waals surface area (Å²) in [6, 6.07) is 1.41. The predicted molar refractivity (Wildman–Crippen MR) is 77.8 cm³/mol. The summed E-state index contributed by atoms with van der Waals surface area (Å²) < 4.78 is 0. The van der Waals surface area contributed by atoms with Crippen LogP contribution in [0.25, 0.3) is 0 Å². The van der Waals surface area contributed by atoms with Crippen LogP contribution in [0.1, 0.15) is 30.6 Å². The number of hydrogen-bond donors (Lipinski definition) is 1. The summed E-state index contributed by atoms with van der Waals surface area (Å²) in [6.07, 6.45) is 3.28. The molecule has 1 aromatic heterocycles. The molecule has 1 aliphatic heterocycles. The molecular weight excluding hydrogens is 270 g/mol. The highest BCUT2D eigenvalue weighted by molar-refractivity contribution is 5.94. The number of pyridine rings is 1. The maximum atomic E-state index is 12.3. The van der Waals surface area contributed by atoms with Crippen LogP contribution in [0, 0.1) is 5.92 Å². The molecule has 2 heterocycles. The maximum absolute atomic E-state index is 12.3. The van der Waals surface area contributed by atoms with Crippen LogP contribution in [0.4, 0.5) is 0 Å². The third-order valence-electron chi connectivity index (χ3n) is 3.47. The molecule has 1 fully saturated rings. The smallest absolute Gasteiger partial charge is 0.255 e. The Balaban J connectivity index is 1.92. The number of amides is 2. The third kappa shape index (κ3) is 3.93. The van der Waals surface area contributed by atoms with Crippen LogP contribution in [0.3, 0.4) is 0 Å². The minimum atomic E-state index is -0.158. The second-order valence-electron chi connectivity index (χ2n) is 5.70. The summed E-state index contributed by atoms with van der Waals surface area (Å²) in [5.74, 6) is 0.313. The Morgan fingerprint density at radius 3 is 2.38 bits per heavy atom. The molecule has 0 atom stereocenters. The first-order chi connectivity index (χ1) is 9.97. The molecule has 6 heteroatoms. The molecule has 0 unspecified atom stereocenters. The van der Waals surface area contributed by atoms with E-state index in [0.29, 0.717) is 44.1 Å².